The minimum absolute atomic E-state index is 0.0110. The van der Waals surface area contributed by atoms with E-state index in [4.69, 9.17) is 0 Å². The highest BCUT2D eigenvalue weighted by Crippen LogP contribution is 2.30. The average Bonchev–Trinajstić information content (AvgIpc) is 3.02. The van der Waals surface area contributed by atoms with Crippen LogP contribution in [0, 0.1) is 17.0 Å². The predicted octanol–water partition coefficient (Wildman–Crippen LogP) is 4.35. The maximum absolute atomic E-state index is 11.0. The summed E-state index contributed by atoms with van der Waals surface area (Å²) >= 11 is 2.86. The van der Waals surface area contributed by atoms with Gasteiger partial charge in [0.25, 0.3) is 5.69 Å². The zero-order valence-corrected chi connectivity index (χ0v) is 14.8. The van der Waals surface area contributed by atoms with Crippen molar-refractivity contribution < 1.29 is 4.92 Å². The Kier molecular flexibility index (Phi) is 5.36. The van der Waals surface area contributed by atoms with Gasteiger partial charge in [-0.2, -0.15) is 5.10 Å². The van der Waals surface area contributed by atoms with E-state index in [-0.39, 0.29) is 5.69 Å². The summed E-state index contributed by atoms with van der Waals surface area (Å²) in [5, 5.41) is 18.6. The molecule has 0 amide bonds. The van der Waals surface area contributed by atoms with Crippen LogP contribution in [0.25, 0.3) is 0 Å². The van der Waals surface area contributed by atoms with E-state index in [0.717, 1.165) is 15.6 Å². The largest absolute Gasteiger partial charge is 0.270 e. The van der Waals surface area contributed by atoms with Crippen molar-refractivity contribution in [2.45, 2.75) is 16.8 Å². The predicted molar refractivity (Wildman–Crippen MR) is 99.5 cm³/mol. The van der Waals surface area contributed by atoms with E-state index in [2.05, 4.69) is 20.5 Å². The second kappa shape index (κ2) is 7.86. The van der Waals surface area contributed by atoms with Crippen molar-refractivity contribution in [2.75, 3.05) is 5.43 Å². The third-order valence-corrected chi connectivity index (χ3v) is 4.95. The molecule has 0 fully saturated rings. The summed E-state index contributed by atoms with van der Waals surface area (Å²) < 4.78 is 0. The lowest BCUT2D eigenvalue weighted by Crippen LogP contribution is -1.95. The monoisotopic (exact) mass is 371 g/mol. The molecule has 1 N–H and O–H groups in total. The van der Waals surface area contributed by atoms with Gasteiger partial charge in [-0.3, -0.25) is 15.5 Å². The zero-order valence-electron chi connectivity index (χ0n) is 13.1. The molecule has 2 heterocycles. The molecule has 0 atom stereocenters. The average molecular weight is 371 g/mol. The van der Waals surface area contributed by atoms with Crippen LogP contribution in [0.4, 0.5) is 10.8 Å². The summed E-state index contributed by atoms with van der Waals surface area (Å²) in [4.78, 5) is 19.9. The summed E-state index contributed by atoms with van der Waals surface area (Å²) in [5.74, 6) is 0. The van der Waals surface area contributed by atoms with Gasteiger partial charge in [0.2, 0.25) is 5.13 Å². The molecule has 7 nitrogen and oxygen atoms in total. The van der Waals surface area contributed by atoms with Crippen LogP contribution in [0.1, 0.15) is 11.3 Å². The van der Waals surface area contributed by atoms with Gasteiger partial charge in [0.1, 0.15) is 5.03 Å². The number of benzene rings is 1. The number of nitrogens with zero attached hydrogens (tertiary/aromatic N) is 4. The van der Waals surface area contributed by atoms with Crippen LogP contribution in [0.5, 0.6) is 0 Å². The van der Waals surface area contributed by atoms with Crippen molar-refractivity contribution in [1.82, 2.24) is 9.97 Å². The third kappa shape index (κ3) is 4.61. The van der Waals surface area contributed by atoms with Gasteiger partial charge in [-0.05, 0) is 25.1 Å². The highest BCUT2D eigenvalue weighted by Gasteiger charge is 2.11. The number of pyridine rings is 1. The minimum Gasteiger partial charge on any atom is -0.258 e. The van der Waals surface area contributed by atoms with E-state index in [1.54, 1.807) is 18.5 Å². The van der Waals surface area contributed by atoms with Gasteiger partial charge in [0.05, 0.1) is 16.8 Å². The molecule has 25 heavy (non-hydrogen) atoms. The zero-order chi connectivity index (χ0) is 17.6. The quantitative estimate of drug-likeness (QED) is 0.393. The first-order valence-corrected chi connectivity index (χ1v) is 8.90. The van der Waals surface area contributed by atoms with Gasteiger partial charge in [-0.1, -0.05) is 17.8 Å². The third-order valence-electron chi connectivity index (χ3n) is 3.04. The lowest BCUT2D eigenvalue weighted by molar-refractivity contribution is -0.384. The standard InChI is InChI=1S/C16H13N5O2S2/c1-11-10-24-16(19-11)20-18-9-12-8-13(21(22)23)5-6-14(12)25-15-4-2-3-7-17-15/h2-10H,1H3,(H,19,20). The van der Waals surface area contributed by atoms with Gasteiger partial charge in [0, 0.05) is 34.2 Å². The first kappa shape index (κ1) is 17.1. The second-order valence-electron chi connectivity index (χ2n) is 4.91. The van der Waals surface area contributed by atoms with E-state index in [0.29, 0.717) is 10.7 Å². The maximum atomic E-state index is 11.0. The topological polar surface area (TPSA) is 93.3 Å². The summed E-state index contributed by atoms with van der Waals surface area (Å²) in [6, 6.07) is 10.3. The Morgan fingerprint density at radius 3 is 2.92 bits per heavy atom. The Balaban J connectivity index is 1.85. The molecule has 1 aromatic carbocycles. The Labute approximate surface area is 152 Å². The second-order valence-corrected chi connectivity index (χ2v) is 6.83. The molecule has 0 saturated carbocycles. The van der Waals surface area contributed by atoms with E-state index in [9.17, 15) is 10.1 Å². The van der Waals surface area contributed by atoms with Crippen LogP contribution in [-0.2, 0) is 0 Å². The van der Waals surface area contributed by atoms with E-state index >= 15 is 0 Å². The molecule has 3 rings (SSSR count). The van der Waals surface area contributed by atoms with E-state index in [1.807, 2.05) is 30.5 Å². The fourth-order valence-electron chi connectivity index (χ4n) is 1.93. The molecule has 0 spiro atoms. The molecular formula is C16H13N5O2S2. The van der Waals surface area contributed by atoms with Crippen molar-refractivity contribution in [3.63, 3.8) is 0 Å². The molecule has 2 aromatic heterocycles. The number of thiazole rings is 1. The normalized spacial score (nSPS) is 10.9. The Morgan fingerprint density at radius 2 is 2.24 bits per heavy atom. The van der Waals surface area contributed by atoms with Crippen LogP contribution < -0.4 is 5.43 Å². The number of hydrogen-bond donors (Lipinski definition) is 1. The highest BCUT2D eigenvalue weighted by molar-refractivity contribution is 7.99. The summed E-state index contributed by atoms with van der Waals surface area (Å²) in [6.07, 6.45) is 3.25. The van der Waals surface area contributed by atoms with Crippen molar-refractivity contribution in [3.8, 4) is 0 Å². The highest BCUT2D eigenvalue weighted by atomic mass is 32.2. The number of hydrogen-bond acceptors (Lipinski definition) is 8. The molecule has 0 unspecified atom stereocenters. The number of non-ortho nitro benzene ring substituents is 1. The summed E-state index contributed by atoms with van der Waals surface area (Å²) in [6.45, 7) is 1.90. The molecule has 3 aromatic rings. The number of hydrazone groups is 1. The molecule has 0 radical (unpaired) electrons. The first-order chi connectivity index (χ1) is 12.1. The van der Waals surface area contributed by atoms with Gasteiger partial charge < -0.3 is 0 Å². The van der Waals surface area contributed by atoms with Crippen LogP contribution in [0.3, 0.4) is 0 Å². The molecule has 0 aliphatic carbocycles. The molecule has 9 heteroatoms. The summed E-state index contributed by atoms with van der Waals surface area (Å²) in [7, 11) is 0. The Morgan fingerprint density at radius 1 is 1.36 bits per heavy atom. The smallest absolute Gasteiger partial charge is 0.258 e. The van der Waals surface area contributed by atoms with Crippen LogP contribution in [0.15, 0.2) is 63.0 Å². The fraction of sp³-hybridized carbons (Fsp3) is 0.0625. The fourth-order valence-corrected chi connectivity index (χ4v) is 3.41. The number of aromatic nitrogens is 2. The van der Waals surface area contributed by atoms with Gasteiger partial charge in [-0.15, -0.1) is 11.3 Å². The number of aryl methyl sites for hydroxylation is 1. The van der Waals surface area contributed by atoms with Crippen molar-refractivity contribution in [3.05, 3.63) is 69.3 Å². The molecule has 126 valence electrons. The SMILES string of the molecule is Cc1csc(NN=Cc2cc([N+](=O)[O-])ccc2Sc2ccccn2)n1. The maximum Gasteiger partial charge on any atom is 0.270 e. The Hall–Kier alpha value is -2.78. The number of rotatable bonds is 6. The van der Waals surface area contributed by atoms with Crippen LogP contribution in [0.2, 0.25) is 0 Å². The number of nitro benzene ring substituents is 1. The summed E-state index contributed by atoms with van der Waals surface area (Å²) in [5.41, 5.74) is 4.38. The molecular weight excluding hydrogens is 358 g/mol. The molecule has 0 saturated heterocycles. The van der Waals surface area contributed by atoms with Crippen molar-refractivity contribution in [2.24, 2.45) is 5.10 Å². The number of anilines is 1. The lowest BCUT2D eigenvalue weighted by atomic mass is 10.2. The van der Waals surface area contributed by atoms with E-state index < -0.39 is 4.92 Å². The van der Waals surface area contributed by atoms with Crippen LogP contribution >= 0.6 is 23.1 Å². The molecule has 0 bridgehead atoms. The van der Waals surface area contributed by atoms with Gasteiger partial charge in [0.15, 0.2) is 0 Å². The van der Waals surface area contributed by atoms with Gasteiger partial charge >= 0.3 is 0 Å². The number of nitrogens with one attached hydrogen (secondary N) is 1. The van der Waals surface area contributed by atoms with Crippen molar-refractivity contribution >= 4 is 40.1 Å². The Bertz CT molecular complexity index is 912. The minimum atomic E-state index is -0.426. The van der Waals surface area contributed by atoms with Gasteiger partial charge in [-0.25, -0.2) is 9.97 Å². The van der Waals surface area contributed by atoms with Crippen LogP contribution in [-0.4, -0.2) is 21.1 Å². The first-order valence-electron chi connectivity index (χ1n) is 7.20. The van der Waals surface area contributed by atoms with Crippen molar-refractivity contribution in [1.29, 1.82) is 0 Å². The van der Waals surface area contributed by atoms with E-state index in [1.165, 1.54) is 35.2 Å². The molecule has 0 aliphatic rings. The molecule has 0 aliphatic heterocycles. The number of nitro groups is 1. The lowest BCUT2D eigenvalue weighted by Gasteiger charge is -2.05.